The Bertz CT molecular complexity index is 606. The molecule has 0 atom stereocenters. The van der Waals surface area contributed by atoms with Crippen molar-refractivity contribution in [1.29, 1.82) is 0 Å². The molecule has 0 bridgehead atoms. The first kappa shape index (κ1) is 9.72. The fourth-order valence-electron chi connectivity index (χ4n) is 1.28. The Balaban J connectivity index is 2.89. The zero-order valence-corrected chi connectivity index (χ0v) is 8.41. The summed E-state index contributed by atoms with van der Waals surface area (Å²) >= 11 is 4.06. The van der Waals surface area contributed by atoms with E-state index in [-0.39, 0.29) is 5.56 Å². The Morgan fingerprint density at radius 2 is 2.27 bits per heavy atom. The smallest absolute Gasteiger partial charge is 0.254 e. The van der Waals surface area contributed by atoms with Crippen molar-refractivity contribution in [2.75, 3.05) is 0 Å². The summed E-state index contributed by atoms with van der Waals surface area (Å²) in [6.07, 6.45) is 2.77. The second-order valence-corrected chi connectivity index (χ2v) is 3.50. The lowest BCUT2D eigenvalue weighted by molar-refractivity contribution is 0.0999. The Kier molecular flexibility index (Phi) is 2.20. The van der Waals surface area contributed by atoms with Crippen LogP contribution in [0, 0.1) is 0 Å². The molecule has 0 fully saturated rings. The van der Waals surface area contributed by atoms with Gasteiger partial charge in [0.05, 0.1) is 5.39 Å². The minimum absolute atomic E-state index is 0.0803. The molecular weight excluding hydrogens is 214 g/mol. The van der Waals surface area contributed by atoms with Gasteiger partial charge in [-0.2, -0.15) is 0 Å². The van der Waals surface area contributed by atoms with E-state index < -0.39 is 11.3 Å². The second kappa shape index (κ2) is 3.39. The second-order valence-electron chi connectivity index (χ2n) is 2.99. The summed E-state index contributed by atoms with van der Waals surface area (Å²) in [7, 11) is 0. The number of nitrogens with two attached hydrogens (primary N) is 1. The minimum atomic E-state index is -0.761. The molecule has 0 saturated heterocycles. The van der Waals surface area contributed by atoms with E-state index in [2.05, 4.69) is 22.6 Å². The topological polar surface area (TPSA) is 88.8 Å². The van der Waals surface area contributed by atoms with Crippen molar-refractivity contribution in [3.05, 3.63) is 34.2 Å². The van der Waals surface area contributed by atoms with Crippen molar-refractivity contribution >= 4 is 29.6 Å². The molecule has 0 aliphatic rings. The van der Waals surface area contributed by atoms with Crippen LogP contribution in [0.5, 0.6) is 0 Å². The summed E-state index contributed by atoms with van der Waals surface area (Å²) in [5.74, 6) is -0.761. The van der Waals surface area contributed by atoms with Gasteiger partial charge in [0.25, 0.3) is 5.91 Å². The molecule has 0 aliphatic heterocycles. The van der Waals surface area contributed by atoms with Crippen molar-refractivity contribution in [2.45, 2.75) is 4.90 Å². The van der Waals surface area contributed by atoms with Gasteiger partial charge in [-0.3, -0.25) is 9.59 Å². The minimum Gasteiger partial charge on any atom is -0.365 e. The van der Waals surface area contributed by atoms with Gasteiger partial charge in [-0.25, -0.2) is 4.98 Å². The molecule has 15 heavy (non-hydrogen) atoms. The third-order valence-electron chi connectivity index (χ3n) is 1.98. The predicted octanol–water partition coefficient (Wildman–Crippen LogP) is 0.311. The maximum Gasteiger partial charge on any atom is 0.254 e. The summed E-state index contributed by atoms with van der Waals surface area (Å²) in [4.78, 5) is 29.9. The number of thiol groups is 1. The van der Waals surface area contributed by atoms with Crippen LogP contribution in [0.25, 0.3) is 11.0 Å². The largest absolute Gasteiger partial charge is 0.365 e. The number of hydrogen-bond acceptors (Lipinski definition) is 4. The number of hydrogen-bond donors (Lipinski definition) is 3. The molecule has 0 aliphatic carbocycles. The molecule has 0 unspecified atom stereocenters. The van der Waals surface area contributed by atoms with Crippen LogP contribution < -0.4 is 11.2 Å². The first-order chi connectivity index (χ1) is 7.09. The molecule has 76 valence electrons. The van der Waals surface area contributed by atoms with Gasteiger partial charge >= 0.3 is 0 Å². The number of pyridine rings is 2. The predicted molar refractivity (Wildman–Crippen MR) is 58.1 cm³/mol. The number of nitrogens with one attached hydrogen (secondary N) is 1. The zero-order chi connectivity index (χ0) is 11.0. The Hall–Kier alpha value is -1.82. The van der Waals surface area contributed by atoms with E-state index in [0.29, 0.717) is 15.9 Å². The quantitative estimate of drug-likeness (QED) is 0.605. The van der Waals surface area contributed by atoms with Crippen molar-refractivity contribution in [1.82, 2.24) is 9.97 Å². The third kappa shape index (κ3) is 1.59. The number of carbonyl (C=O) groups excluding carboxylic acids is 1. The molecule has 3 N–H and O–H groups in total. The number of rotatable bonds is 1. The summed E-state index contributed by atoms with van der Waals surface area (Å²) in [5, 5.41) is 0.304. The molecule has 2 aromatic rings. The molecule has 1 amide bonds. The summed E-state index contributed by atoms with van der Waals surface area (Å²) in [6, 6.07) is 1.54. The van der Waals surface area contributed by atoms with Crippen molar-refractivity contribution in [3.63, 3.8) is 0 Å². The number of H-pyrrole nitrogens is 1. The number of aromatic amines is 1. The fourth-order valence-corrected chi connectivity index (χ4v) is 1.46. The van der Waals surface area contributed by atoms with Crippen LogP contribution in [0.2, 0.25) is 0 Å². The van der Waals surface area contributed by atoms with E-state index in [4.69, 9.17) is 5.73 Å². The van der Waals surface area contributed by atoms with Crippen molar-refractivity contribution in [2.24, 2.45) is 5.73 Å². The molecule has 5 nitrogen and oxygen atoms in total. The molecule has 2 aromatic heterocycles. The van der Waals surface area contributed by atoms with Gasteiger partial charge in [0.15, 0.2) is 0 Å². The number of amides is 1. The van der Waals surface area contributed by atoms with Crippen LogP contribution in [-0.2, 0) is 0 Å². The first-order valence-electron chi connectivity index (χ1n) is 4.10. The highest BCUT2D eigenvalue weighted by atomic mass is 32.1. The monoisotopic (exact) mass is 221 g/mol. The highest BCUT2D eigenvalue weighted by molar-refractivity contribution is 7.80. The number of aromatic nitrogens is 2. The lowest BCUT2D eigenvalue weighted by Gasteiger charge is -1.99. The first-order valence-corrected chi connectivity index (χ1v) is 4.54. The highest BCUT2D eigenvalue weighted by Crippen LogP contribution is 2.10. The molecule has 0 spiro atoms. The van der Waals surface area contributed by atoms with Gasteiger partial charge in [-0.1, -0.05) is 0 Å². The number of fused-ring (bicyclic) bond motifs is 1. The van der Waals surface area contributed by atoms with E-state index in [1.54, 1.807) is 0 Å². The van der Waals surface area contributed by atoms with Crippen LogP contribution >= 0.6 is 12.6 Å². The molecular formula is C9H7N3O2S. The lowest BCUT2D eigenvalue weighted by Crippen LogP contribution is -2.22. The van der Waals surface area contributed by atoms with Gasteiger partial charge in [-0.15, -0.1) is 12.6 Å². The zero-order valence-electron chi connectivity index (χ0n) is 7.52. The summed E-state index contributed by atoms with van der Waals surface area (Å²) in [6.45, 7) is 0. The SMILES string of the molecule is NC(=O)c1c[nH]c2ncc(S)cc2c1=O. The molecule has 0 radical (unpaired) electrons. The third-order valence-corrected chi connectivity index (χ3v) is 2.23. The molecule has 0 saturated carbocycles. The van der Waals surface area contributed by atoms with Gasteiger partial charge in [0, 0.05) is 17.3 Å². The van der Waals surface area contributed by atoms with E-state index in [0.717, 1.165) is 0 Å². The van der Waals surface area contributed by atoms with Gasteiger partial charge in [-0.05, 0) is 6.07 Å². The molecule has 6 heteroatoms. The Labute approximate surface area is 89.7 Å². The molecule has 2 rings (SSSR count). The Morgan fingerprint density at radius 3 is 2.93 bits per heavy atom. The number of nitrogens with zero attached hydrogens (tertiary/aromatic N) is 1. The average Bonchev–Trinajstić information content (AvgIpc) is 2.19. The van der Waals surface area contributed by atoms with Crippen LogP contribution in [-0.4, -0.2) is 15.9 Å². The molecule has 2 heterocycles. The van der Waals surface area contributed by atoms with E-state index >= 15 is 0 Å². The van der Waals surface area contributed by atoms with Crippen LogP contribution in [0.4, 0.5) is 0 Å². The average molecular weight is 221 g/mol. The lowest BCUT2D eigenvalue weighted by atomic mass is 10.2. The fraction of sp³-hybridized carbons (Fsp3) is 0. The van der Waals surface area contributed by atoms with Crippen LogP contribution in [0.15, 0.2) is 28.2 Å². The van der Waals surface area contributed by atoms with E-state index in [1.165, 1.54) is 18.5 Å². The summed E-state index contributed by atoms with van der Waals surface area (Å²) < 4.78 is 0. The van der Waals surface area contributed by atoms with Crippen LogP contribution in [0.1, 0.15) is 10.4 Å². The normalized spacial score (nSPS) is 10.5. The van der Waals surface area contributed by atoms with Crippen molar-refractivity contribution in [3.8, 4) is 0 Å². The molecule has 0 aromatic carbocycles. The summed E-state index contributed by atoms with van der Waals surface area (Å²) in [5.41, 5.74) is 4.94. The van der Waals surface area contributed by atoms with Gasteiger partial charge in [0.1, 0.15) is 11.2 Å². The van der Waals surface area contributed by atoms with Gasteiger partial charge in [0.2, 0.25) is 5.43 Å². The van der Waals surface area contributed by atoms with E-state index in [9.17, 15) is 9.59 Å². The number of carbonyl (C=O) groups is 1. The standard InChI is InChI=1S/C9H7N3O2S/c10-8(14)6-3-12-9-5(7(6)13)1-4(15)2-11-9/h1-3,15H,(H2,10,14)(H,11,12,13). The van der Waals surface area contributed by atoms with E-state index in [1.807, 2.05) is 0 Å². The maximum absolute atomic E-state index is 11.7. The maximum atomic E-state index is 11.7. The van der Waals surface area contributed by atoms with Gasteiger partial charge < -0.3 is 10.7 Å². The van der Waals surface area contributed by atoms with Crippen LogP contribution in [0.3, 0.4) is 0 Å². The number of primary amides is 1. The Morgan fingerprint density at radius 1 is 1.53 bits per heavy atom. The van der Waals surface area contributed by atoms with Crippen molar-refractivity contribution < 1.29 is 4.79 Å². The highest BCUT2D eigenvalue weighted by Gasteiger charge is 2.10.